The van der Waals surface area contributed by atoms with Crippen molar-refractivity contribution in [3.05, 3.63) is 29.8 Å². The fourth-order valence-electron chi connectivity index (χ4n) is 3.93. The van der Waals surface area contributed by atoms with Crippen molar-refractivity contribution < 1.29 is 9.59 Å². The first kappa shape index (κ1) is 14.1. The molecule has 0 aliphatic heterocycles. The van der Waals surface area contributed by atoms with Gasteiger partial charge in [0.05, 0.1) is 0 Å². The molecule has 0 heterocycles. The van der Waals surface area contributed by atoms with Crippen LogP contribution in [0.2, 0.25) is 0 Å². The SMILES string of the molecule is CNC(=O)c1ccc(NC(=O)C[C@@H]2C[C@@H]3CC[C@@H]2C3)cc1. The fourth-order valence-corrected chi connectivity index (χ4v) is 3.93. The highest BCUT2D eigenvalue weighted by molar-refractivity contribution is 5.95. The second-order valence-electron chi connectivity index (χ2n) is 6.34. The number of rotatable bonds is 4. The minimum absolute atomic E-state index is 0.0974. The molecule has 112 valence electrons. The molecular formula is C17H22N2O2. The molecule has 2 fully saturated rings. The van der Waals surface area contributed by atoms with Gasteiger partial charge in [-0.2, -0.15) is 0 Å². The number of carbonyl (C=O) groups is 2. The van der Waals surface area contributed by atoms with E-state index in [1.165, 1.54) is 25.7 Å². The number of nitrogens with one attached hydrogen (secondary N) is 2. The molecule has 0 unspecified atom stereocenters. The van der Waals surface area contributed by atoms with Crippen molar-refractivity contribution in [2.75, 3.05) is 12.4 Å². The summed E-state index contributed by atoms with van der Waals surface area (Å²) >= 11 is 0. The molecular weight excluding hydrogens is 264 g/mol. The van der Waals surface area contributed by atoms with E-state index in [4.69, 9.17) is 0 Å². The highest BCUT2D eigenvalue weighted by Crippen LogP contribution is 2.49. The molecule has 2 aliphatic carbocycles. The molecule has 2 saturated carbocycles. The fraction of sp³-hybridized carbons (Fsp3) is 0.529. The van der Waals surface area contributed by atoms with Gasteiger partial charge >= 0.3 is 0 Å². The first-order valence-corrected chi connectivity index (χ1v) is 7.77. The van der Waals surface area contributed by atoms with Gasteiger partial charge in [-0.15, -0.1) is 0 Å². The van der Waals surface area contributed by atoms with Gasteiger partial charge in [-0.05, 0) is 61.3 Å². The summed E-state index contributed by atoms with van der Waals surface area (Å²) < 4.78 is 0. The van der Waals surface area contributed by atoms with Crippen LogP contribution in [0.5, 0.6) is 0 Å². The van der Waals surface area contributed by atoms with Crippen molar-refractivity contribution in [2.24, 2.45) is 17.8 Å². The molecule has 0 radical (unpaired) electrons. The van der Waals surface area contributed by atoms with Crippen LogP contribution in [0.4, 0.5) is 5.69 Å². The standard InChI is InChI=1S/C17H22N2O2/c1-18-17(21)12-4-6-15(7-5-12)19-16(20)10-14-9-11-2-3-13(14)8-11/h4-7,11,13-14H,2-3,8-10H2,1H3,(H,18,21)(H,19,20)/t11-,13-,14+/m1/s1. The van der Waals surface area contributed by atoms with Crippen molar-refractivity contribution in [1.82, 2.24) is 5.32 Å². The van der Waals surface area contributed by atoms with Gasteiger partial charge in [0.1, 0.15) is 0 Å². The average Bonchev–Trinajstić information content (AvgIpc) is 3.09. The van der Waals surface area contributed by atoms with Crippen molar-refractivity contribution in [3.8, 4) is 0 Å². The highest BCUT2D eigenvalue weighted by Gasteiger charge is 2.40. The van der Waals surface area contributed by atoms with E-state index in [0.29, 0.717) is 17.9 Å². The molecule has 1 aromatic carbocycles. The van der Waals surface area contributed by atoms with E-state index >= 15 is 0 Å². The lowest BCUT2D eigenvalue weighted by Gasteiger charge is -2.20. The van der Waals surface area contributed by atoms with Gasteiger partial charge in [0, 0.05) is 24.7 Å². The van der Waals surface area contributed by atoms with Crippen molar-refractivity contribution >= 4 is 17.5 Å². The molecule has 0 saturated heterocycles. The first-order chi connectivity index (χ1) is 10.2. The Kier molecular flexibility index (Phi) is 3.95. The lowest BCUT2D eigenvalue weighted by molar-refractivity contribution is -0.117. The Morgan fingerprint density at radius 2 is 1.90 bits per heavy atom. The minimum atomic E-state index is -0.116. The topological polar surface area (TPSA) is 58.2 Å². The summed E-state index contributed by atoms with van der Waals surface area (Å²) in [4.78, 5) is 23.6. The Bertz CT molecular complexity index is 538. The maximum absolute atomic E-state index is 12.1. The van der Waals surface area contributed by atoms with Crippen molar-refractivity contribution in [2.45, 2.75) is 32.1 Å². The number of carbonyl (C=O) groups excluding carboxylic acids is 2. The van der Waals surface area contributed by atoms with Crippen LogP contribution < -0.4 is 10.6 Å². The lowest BCUT2D eigenvalue weighted by Crippen LogP contribution is -2.20. The van der Waals surface area contributed by atoms with Gasteiger partial charge < -0.3 is 10.6 Å². The number of amides is 2. The molecule has 2 aliphatic rings. The molecule has 21 heavy (non-hydrogen) atoms. The van der Waals surface area contributed by atoms with Crippen LogP contribution in [-0.4, -0.2) is 18.9 Å². The number of benzene rings is 1. The van der Waals surface area contributed by atoms with Gasteiger partial charge in [-0.25, -0.2) is 0 Å². The van der Waals surface area contributed by atoms with Gasteiger partial charge in [0.15, 0.2) is 0 Å². The van der Waals surface area contributed by atoms with E-state index in [0.717, 1.165) is 17.5 Å². The van der Waals surface area contributed by atoms with Gasteiger partial charge in [0.2, 0.25) is 5.91 Å². The number of hydrogen-bond acceptors (Lipinski definition) is 2. The van der Waals surface area contributed by atoms with Crippen molar-refractivity contribution in [3.63, 3.8) is 0 Å². The molecule has 0 aromatic heterocycles. The Morgan fingerprint density at radius 1 is 1.14 bits per heavy atom. The predicted octanol–water partition coefficient (Wildman–Crippen LogP) is 2.81. The smallest absolute Gasteiger partial charge is 0.251 e. The third-order valence-corrected chi connectivity index (χ3v) is 4.99. The summed E-state index contributed by atoms with van der Waals surface area (Å²) in [5.74, 6) is 2.21. The van der Waals surface area contributed by atoms with Crippen molar-refractivity contribution in [1.29, 1.82) is 0 Å². The van der Waals surface area contributed by atoms with Crippen LogP contribution >= 0.6 is 0 Å². The van der Waals surface area contributed by atoms with Gasteiger partial charge in [0.25, 0.3) is 5.91 Å². The second kappa shape index (κ2) is 5.88. The molecule has 4 nitrogen and oxygen atoms in total. The maximum Gasteiger partial charge on any atom is 0.251 e. The van der Waals surface area contributed by atoms with Crippen LogP contribution in [0.3, 0.4) is 0 Å². The molecule has 2 amide bonds. The van der Waals surface area contributed by atoms with Crippen LogP contribution in [0.15, 0.2) is 24.3 Å². The van der Waals surface area contributed by atoms with Crippen LogP contribution in [0.25, 0.3) is 0 Å². The van der Waals surface area contributed by atoms with Crippen LogP contribution in [0.1, 0.15) is 42.5 Å². The second-order valence-corrected chi connectivity index (χ2v) is 6.34. The molecule has 0 spiro atoms. The molecule has 2 N–H and O–H groups in total. The monoisotopic (exact) mass is 286 g/mol. The molecule has 3 atom stereocenters. The van der Waals surface area contributed by atoms with E-state index < -0.39 is 0 Å². The number of fused-ring (bicyclic) bond motifs is 2. The summed E-state index contributed by atoms with van der Waals surface area (Å²) in [5, 5.41) is 5.52. The quantitative estimate of drug-likeness (QED) is 0.894. The number of hydrogen-bond donors (Lipinski definition) is 2. The maximum atomic E-state index is 12.1. The van der Waals surface area contributed by atoms with Gasteiger partial charge in [-0.3, -0.25) is 9.59 Å². The summed E-state index contributed by atoms with van der Waals surface area (Å²) in [6, 6.07) is 7.02. The highest BCUT2D eigenvalue weighted by atomic mass is 16.2. The molecule has 1 aromatic rings. The zero-order chi connectivity index (χ0) is 14.8. The largest absolute Gasteiger partial charge is 0.355 e. The van der Waals surface area contributed by atoms with E-state index in [1.54, 1.807) is 31.3 Å². The lowest BCUT2D eigenvalue weighted by atomic mass is 9.86. The Balaban J connectivity index is 1.54. The van der Waals surface area contributed by atoms with E-state index in [2.05, 4.69) is 10.6 Å². The van der Waals surface area contributed by atoms with E-state index in [-0.39, 0.29) is 11.8 Å². The Labute approximate surface area is 125 Å². The predicted molar refractivity (Wildman–Crippen MR) is 82.0 cm³/mol. The zero-order valence-corrected chi connectivity index (χ0v) is 12.4. The third-order valence-electron chi connectivity index (χ3n) is 4.99. The van der Waals surface area contributed by atoms with E-state index in [9.17, 15) is 9.59 Å². The summed E-state index contributed by atoms with van der Waals surface area (Å²) in [7, 11) is 1.60. The summed E-state index contributed by atoms with van der Waals surface area (Å²) in [5.41, 5.74) is 1.36. The van der Waals surface area contributed by atoms with E-state index in [1.807, 2.05) is 0 Å². The van der Waals surface area contributed by atoms with Crippen LogP contribution in [0, 0.1) is 17.8 Å². The minimum Gasteiger partial charge on any atom is -0.355 e. The Hall–Kier alpha value is -1.84. The molecule has 4 heteroatoms. The normalized spacial score (nSPS) is 26.6. The molecule has 2 bridgehead atoms. The van der Waals surface area contributed by atoms with Crippen LogP contribution in [-0.2, 0) is 4.79 Å². The summed E-state index contributed by atoms with van der Waals surface area (Å²) in [6.45, 7) is 0. The summed E-state index contributed by atoms with van der Waals surface area (Å²) in [6.07, 6.45) is 5.87. The average molecular weight is 286 g/mol. The Morgan fingerprint density at radius 3 is 2.48 bits per heavy atom. The zero-order valence-electron chi connectivity index (χ0n) is 12.4. The molecule has 3 rings (SSSR count). The third kappa shape index (κ3) is 3.09. The van der Waals surface area contributed by atoms with Gasteiger partial charge in [-0.1, -0.05) is 6.42 Å². The number of anilines is 1. The first-order valence-electron chi connectivity index (χ1n) is 7.77.